The number of aryl methyl sites for hydroxylation is 2. The van der Waals surface area contributed by atoms with Gasteiger partial charge in [0.25, 0.3) is 5.91 Å². The zero-order valence-electron chi connectivity index (χ0n) is 10.1. The van der Waals surface area contributed by atoms with Crippen LogP contribution in [0.25, 0.3) is 0 Å². The molecule has 5 nitrogen and oxygen atoms in total. The third-order valence-electron chi connectivity index (χ3n) is 2.76. The molecule has 2 aromatic rings. The van der Waals surface area contributed by atoms with Gasteiger partial charge in [0.2, 0.25) is 0 Å². The van der Waals surface area contributed by atoms with Crippen molar-refractivity contribution in [3.05, 3.63) is 40.9 Å². The highest BCUT2D eigenvalue weighted by molar-refractivity contribution is 5.96. The summed E-state index contributed by atoms with van der Waals surface area (Å²) in [6.07, 6.45) is 3.37. The van der Waals surface area contributed by atoms with E-state index >= 15 is 0 Å². The van der Waals surface area contributed by atoms with E-state index in [1.54, 1.807) is 19.3 Å². The molecule has 90 valence electrons. The molecule has 0 fully saturated rings. The molecule has 0 saturated carbocycles. The normalized spacial score (nSPS) is 10.5. The largest absolute Gasteiger partial charge is 0.466 e. The maximum absolute atomic E-state index is 12.0. The lowest BCUT2D eigenvalue weighted by Crippen LogP contribution is -2.24. The van der Waals surface area contributed by atoms with Crippen LogP contribution in [-0.2, 0) is 6.54 Å². The quantitative estimate of drug-likeness (QED) is 0.850. The Bertz CT molecular complexity index is 526. The fourth-order valence-corrected chi connectivity index (χ4v) is 1.77. The number of amides is 1. The molecule has 0 atom stereocenters. The van der Waals surface area contributed by atoms with Crippen LogP contribution in [0.3, 0.4) is 0 Å². The topological polar surface area (TPSA) is 70.9 Å². The minimum Gasteiger partial charge on any atom is -0.466 e. The zero-order valence-corrected chi connectivity index (χ0v) is 10.1. The van der Waals surface area contributed by atoms with Crippen molar-refractivity contribution in [1.29, 1.82) is 0 Å². The first kappa shape index (κ1) is 11.4. The average Bonchev–Trinajstić information content (AvgIpc) is 2.86. The van der Waals surface area contributed by atoms with Crippen molar-refractivity contribution in [2.45, 2.75) is 27.3 Å². The van der Waals surface area contributed by atoms with Crippen LogP contribution in [0.2, 0.25) is 0 Å². The lowest BCUT2D eigenvalue weighted by Gasteiger charge is -2.03. The van der Waals surface area contributed by atoms with Gasteiger partial charge in [-0.3, -0.25) is 4.79 Å². The summed E-state index contributed by atoms with van der Waals surface area (Å²) < 4.78 is 5.42. The minimum absolute atomic E-state index is 0.131. The van der Waals surface area contributed by atoms with Crippen LogP contribution in [0.4, 0.5) is 0 Å². The molecular weight excluding hydrogens is 218 g/mol. The monoisotopic (exact) mass is 233 g/mol. The predicted octanol–water partition coefficient (Wildman–Crippen LogP) is 1.86. The van der Waals surface area contributed by atoms with E-state index in [9.17, 15) is 4.79 Å². The molecule has 0 aliphatic rings. The molecule has 5 heteroatoms. The molecule has 2 heterocycles. The van der Waals surface area contributed by atoms with Crippen molar-refractivity contribution < 1.29 is 9.21 Å². The van der Waals surface area contributed by atoms with Gasteiger partial charge < -0.3 is 14.7 Å². The second kappa shape index (κ2) is 4.45. The molecular formula is C12H15N3O2. The Labute approximate surface area is 99.2 Å². The van der Waals surface area contributed by atoms with Gasteiger partial charge >= 0.3 is 0 Å². The highest BCUT2D eigenvalue weighted by Gasteiger charge is 2.18. The fraction of sp³-hybridized carbons (Fsp3) is 0.333. The summed E-state index contributed by atoms with van der Waals surface area (Å²) in [5, 5.41) is 2.80. The van der Waals surface area contributed by atoms with E-state index in [4.69, 9.17) is 4.42 Å². The number of hydrogen-bond donors (Lipinski definition) is 2. The molecule has 0 unspecified atom stereocenters. The van der Waals surface area contributed by atoms with Gasteiger partial charge in [0.1, 0.15) is 17.3 Å². The maximum atomic E-state index is 12.0. The highest BCUT2D eigenvalue weighted by Crippen LogP contribution is 2.20. The molecule has 0 bridgehead atoms. The Morgan fingerprint density at radius 3 is 2.71 bits per heavy atom. The standard InChI is InChI=1S/C12H15N3O2/c1-7-8(2)17-9(3)11(7)12(16)15-6-10-13-4-5-14-10/h4-5H,6H2,1-3H3,(H,13,14)(H,15,16). The highest BCUT2D eigenvalue weighted by atomic mass is 16.3. The van der Waals surface area contributed by atoms with Crippen LogP contribution < -0.4 is 5.32 Å². The number of rotatable bonds is 3. The van der Waals surface area contributed by atoms with Crippen LogP contribution in [0, 0.1) is 20.8 Å². The first-order valence-corrected chi connectivity index (χ1v) is 5.42. The van der Waals surface area contributed by atoms with Crippen LogP contribution in [0.1, 0.15) is 33.3 Å². The first-order chi connectivity index (χ1) is 8.09. The number of furan rings is 1. The van der Waals surface area contributed by atoms with Crippen LogP contribution in [0.5, 0.6) is 0 Å². The van der Waals surface area contributed by atoms with Crippen molar-refractivity contribution in [3.63, 3.8) is 0 Å². The van der Waals surface area contributed by atoms with E-state index in [0.29, 0.717) is 17.9 Å². The molecule has 0 aromatic carbocycles. The Morgan fingerprint density at radius 2 is 2.18 bits per heavy atom. The lowest BCUT2D eigenvalue weighted by molar-refractivity contribution is 0.0948. The zero-order chi connectivity index (χ0) is 12.4. The number of carbonyl (C=O) groups excluding carboxylic acids is 1. The first-order valence-electron chi connectivity index (χ1n) is 5.42. The lowest BCUT2D eigenvalue weighted by atomic mass is 10.1. The van der Waals surface area contributed by atoms with Crippen LogP contribution >= 0.6 is 0 Å². The third-order valence-corrected chi connectivity index (χ3v) is 2.76. The predicted molar refractivity (Wildman–Crippen MR) is 62.7 cm³/mol. The van der Waals surface area contributed by atoms with Gasteiger partial charge in [0.15, 0.2) is 0 Å². The van der Waals surface area contributed by atoms with Crippen molar-refractivity contribution in [2.24, 2.45) is 0 Å². The van der Waals surface area contributed by atoms with Crippen LogP contribution in [-0.4, -0.2) is 15.9 Å². The van der Waals surface area contributed by atoms with Gasteiger partial charge in [-0.05, 0) is 20.8 Å². The van der Waals surface area contributed by atoms with E-state index < -0.39 is 0 Å². The van der Waals surface area contributed by atoms with Gasteiger partial charge in [0.05, 0.1) is 12.1 Å². The average molecular weight is 233 g/mol. The second-order valence-corrected chi connectivity index (χ2v) is 3.93. The summed E-state index contributed by atoms with van der Waals surface area (Å²) in [6.45, 7) is 5.91. The molecule has 0 aliphatic carbocycles. The number of carbonyl (C=O) groups is 1. The second-order valence-electron chi connectivity index (χ2n) is 3.93. The Balaban J connectivity index is 2.10. The van der Waals surface area contributed by atoms with Crippen LogP contribution in [0.15, 0.2) is 16.8 Å². The summed E-state index contributed by atoms with van der Waals surface area (Å²) in [6, 6.07) is 0. The van der Waals surface area contributed by atoms with E-state index in [1.807, 2.05) is 13.8 Å². The number of nitrogens with one attached hydrogen (secondary N) is 2. The Hall–Kier alpha value is -2.04. The fourth-order valence-electron chi connectivity index (χ4n) is 1.77. The third kappa shape index (κ3) is 2.22. The van der Waals surface area contributed by atoms with E-state index in [2.05, 4.69) is 15.3 Å². The van der Waals surface area contributed by atoms with Gasteiger partial charge in [-0.1, -0.05) is 0 Å². The molecule has 2 rings (SSSR count). The molecule has 0 spiro atoms. The summed E-state index contributed by atoms with van der Waals surface area (Å²) in [4.78, 5) is 18.9. The van der Waals surface area contributed by atoms with Gasteiger partial charge in [-0.2, -0.15) is 0 Å². The number of H-pyrrole nitrogens is 1. The molecule has 2 aromatic heterocycles. The van der Waals surface area contributed by atoms with Crippen molar-refractivity contribution in [1.82, 2.24) is 15.3 Å². The van der Waals surface area contributed by atoms with Gasteiger partial charge in [-0.15, -0.1) is 0 Å². The van der Waals surface area contributed by atoms with E-state index in [0.717, 1.165) is 17.1 Å². The van der Waals surface area contributed by atoms with Gasteiger partial charge in [0, 0.05) is 18.0 Å². The number of aromatic amines is 1. The summed E-state index contributed by atoms with van der Waals surface area (Å²) in [5.74, 6) is 2.03. The molecule has 0 saturated heterocycles. The minimum atomic E-state index is -0.131. The maximum Gasteiger partial charge on any atom is 0.255 e. The number of hydrogen-bond acceptors (Lipinski definition) is 3. The van der Waals surface area contributed by atoms with E-state index in [-0.39, 0.29) is 5.91 Å². The molecule has 0 aliphatic heterocycles. The van der Waals surface area contributed by atoms with Crippen molar-refractivity contribution in [3.8, 4) is 0 Å². The summed E-state index contributed by atoms with van der Waals surface area (Å²) in [7, 11) is 0. The summed E-state index contributed by atoms with van der Waals surface area (Å²) in [5.41, 5.74) is 1.51. The molecule has 17 heavy (non-hydrogen) atoms. The smallest absolute Gasteiger partial charge is 0.255 e. The van der Waals surface area contributed by atoms with Crippen molar-refractivity contribution in [2.75, 3.05) is 0 Å². The Kier molecular flexibility index (Phi) is 2.99. The number of nitrogens with zero attached hydrogens (tertiary/aromatic N) is 1. The molecule has 0 radical (unpaired) electrons. The summed E-state index contributed by atoms with van der Waals surface area (Å²) >= 11 is 0. The SMILES string of the molecule is Cc1oc(C)c(C(=O)NCc2ncc[nH]2)c1C. The Morgan fingerprint density at radius 1 is 1.41 bits per heavy atom. The molecule has 1 amide bonds. The number of aromatic nitrogens is 2. The van der Waals surface area contributed by atoms with Gasteiger partial charge in [-0.25, -0.2) is 4.98 Å². The molecule has 2 N–H and O–H groups in total. The van der Waals surface area contributed by atoms with Crippen molar-refractivity contribution >= 4 is 5.91 Å². The van der Waals surface area contributed by atoms with E-state index in [1.165, 1.54) is 0 Å². The number of imidazole rings is 1.